The van der Waals surface area contributed by atoms with Gasteiger partial charge in [0.1, 0.15) is 0 Å². The predicted molar refractivity (Wildman–Crippen MR) is 34.2 cm³/mol. The van der Waals surface area contributed by atoms with Crippen LogP contribution in [0.3, 0.4) is 0 Å². The Hall–Kier alpha value is 0.284. The Morgan fingerprint density at radius 1 is 1.75 bits per heavy atom. The second-order valence-electron chi connectivity index (χ2n) is 1.61. The van der Waals surface area contributed by atoms with Crippen LogP contribution in [-0.2, 0) is 20.0 Å². The van der Waals surface area contributed by atoms with Crippen LogP contribution in [0, 0.1) is 6.92 Å². The predicted octanol–water partition coefficient (Wildman–Crippen LogP) is 1.75. The van der Waals surface area contributed by atoms with E-state index in [0.717, 1.165) is 0 Å². The van der Waals surface area contributed by atoms with Gasteiger partial charge < -0.3 is 0 Å². The van der Waals surface area contributed by atoms with Gasteiger partial charge in [0.25, 0.3) is 0 Å². The first-order valence-corrected chi connectivity index (χ1v) is 4.17. The molecule has 0 saturated carbocycles. The average Bonchev–Trinajstić information content (AvgIpc) is 2.14. The quantitative estimate of drug-likeness (QED) is 0.546. The fourth-order valence-electron chi connectivity index (χ4n) is 0.532. The van der Waals surface area contributed by atoms with Crippen molar-refractivity contribution in [2.45, 2.75) is 6.92 Å². The maximum atomic E-state index is 2.14. The van der Waals surface area contributed by atoms with Gasteiger partial charge in [-0.1, -0.05) is 0 Å². The van der Waals surface area contributed by atoms with Crippen molar-refractivity contribution in [3.05, 3.63) is 21.9 Å². The zero-order valence-electron chi connectivity index (χ0n) is 4.64. The molecule has 0 fully saturated rings. The van der Waals surface area contributed by atoms with Gasteiger partial charge >= 0.3 is 64.4 Å². The van der Waals surface area contributed by atoms with E-state index >= 15 is 0 Å². The number of hydrogen-bond donors (Lipinski definition) is 0. The molecule has 0 spiro atoms. The molecule has 2 heteroatoms. The zero-order chi connectivity index (χ0) is 5.98. The molecular weight excluding hydrogens is 152 g/mol. The van der Waals surface area contributed by atoms with Crippen molar-refractivity contribution in [2.24, 2.45) is 0 Å². The van der Waals surface area contributed by atoms with Crippen LogP contribution in [0.25, 0.3) is 0 Å². The third kappa shape index (κ3) is 1.16. The van der Waals surface area contributed by atoms with Gasteiger partial charge in [0.15, 0.2) is 0 Å². The van der Waals surface area contributed by atoms with E-state index in [4.69, 9.17) is 0 Å². The summed E-state index contributed by atoms with van der Waals surface area (Å²) >= 11 is 3.86. The van der Waals surface area contributed by atoms with Crippen molar-refractivity contribution in [3.63, 3.8) is 0 Å². The van der Waals surface area contributed by atoms with E-state index in [1.165, 1.54) is 10.4 Å². The molecular formula is C6H6STi. The third-order valence-corrected chi connectivity index (χ3v) is 2.78. The molecule has 0 nitrogen and oxygen atoms in total. The molecule has 0 bridgehead atoms. The molecule has 0 atom stereocenters. The van der Waals surface area contributed by atoms with Crippen LogP contribution in [0.5, 0.6) is 0 Å². The van der Waals surface area contributed by atoms with Crippen molar-refractivity contribution >= 4 is 15.7 Å². The molecule has 0 N–H and O–H groups in total. The Kier molecular flexibility index (Phi) is 2.18. The van der Waals surface area contributed by atoms with Crippen molar-refractivity contribution in [2.75, 3.05) is 0 Å². The van der Waals surface area contributed by atoms with Gasteiger partial charge in [-0.05, 0) is 0 Å². The number of rotatable bonds is 1. The maximum absolute atomic E-state index is 2.14. The van der Waals surface area contributed by atoms with E-state index in [1.807, 2.05) is 0 Å². The molecule has 40 valence electrons. The first-order chi connectivity index (χ1) is 3.84. The van der Waals surface area contributed by atoms with Crippen LogP contribution >= 0.6 is 11.3 Å². The molecule has 0 amide bonds. The summed E-state index contributed by atoms with van der Waals surface area (Å²) in [5.74, 6) is 0. The van der Waals surface area contributed by atoms with Crippen LogP contribution in [0.15, 0.2) is 11.4 Å². The van der Waals surface area contributed by atoms with Gasteiger partial charge in [-0.3, -0.25) is 0 Å². The molecule has 1 aromatic rings. The molecule has 0 aliphatic heterocycles. The second kappa shape index (κ2) is 2.72. The normalized spacial score (nSPS) is 9.00. The molecule has 1 aromatic heterocycles. The number of aryl methyl sites for hydroxylation is 1. The van der Waals surface area contributed by atoms with E-state index in [0.29, 0.717) is 0 Å². The Balaban J connectivity index is 3.09. The summed E-state index contributed by atoms with van der Waals surface area (Å²) in [7, 11) is 0. The van der Waals surface area contributed by atoms with E-state index in [1.54, 1.807) is 11.3 Å². The van der Waals surface area contributed by atoms with E-state index in [-0.39, 0.29) is 0 Å². The zero-order valence-corrected chi connectivity index (χ0v) is 7.02. The van der Waals surface area contributed by atoms with Crippen LogP contribution in [0.2, 0.25) is 0 Å². The van der Waals surface area contributed by atoms with Crippen molar-refractivity contribution in [1.29, 1.82) is 0 Å². The number of thiophene rings is 1. The molecule has 0 unspecified atom stereocenters. The summed E-state index contributed by atoms with van der Waals surface area (Å²) in [6, 6.07) is 2.14. The first kappa shape index (κ1) is 6.40. The monoisotopic (exact) mass is 158 g/mol. The standard InChI is InChI=1S/C6H6S.Ti/c1-5-3-4-7-6(5)2;/h2-4H,1H3;. The van der Waals surface area contributed by atoms with E-state index in [2.05, 4.69) is 42.7 Å². The molecule has 0 aliphatic carbocycles. The summed E-state index contributed by atoms with van der Waals surface area (Å²) < 4.78 is 2.14. The van der Waals surface area contributed by atoms with Gasteiger partial charge in [-0.15, -0.1) is 0 Å². The first-order valence-electron chi connectivity index (χ1n) is 2.39. The van der Waals surface area contributed by atoms with Crippen molar-refractivity contribution in [3.8, 4) is 0 Å². The molecule has 1 rings (SSSR count). The second-order valence-corrected chi connectivity index (χ2v) is 3.01. The fraction of sp³-hybridized carbons (Fsp3) is 0.167. The van der Waals surface area contributed by atoms with Gasteiger partial charge in [-0.25, -0.2) is 0 Å². The van der Waals surface area contributed by atoms with Crippen LogP contribution in [0.1, 0.15) is 10.4 Å². The number of hydrogen-bond acceptors (Lipinski definition) is 1. The Bertz CT molecular complexity index is 190. The van der Waals surface area contributed by atoms with Crippen molar-refractivity contribution in [1.82, 2.24) is 0 Å². The SMILES string of the molecule is Cc1ccsc1[CH]=[Ti]. The molecule has 0 aliphatic rings. The molecule has 0 aromatic carbocycles. The Labute approximate surface area is 64.5 Å². The average molecular weight is 158 g/mol. The minimum atomic E-state index is 1.39. The van der Waals surface area contributed by atoms with Gasteiger partial charge in [-0.2, -0.15) is 0 Å². The van der Waals surface area contributed by atoms with Crippen LogP contribution in [0.4, 0.5) is 0 Å². The molecule has 0 radical (unpaired) electrons. The summed E-state index contributed by atoms with van der Waals surface area (Å²) in [5.41, 5.74) is 1.39. The van der Waals surface area contributed by atoms with Crippen LogP contribution in [-0.4, -0.2) is 4.31 Å². The molecule has 8 heavy (non-hydrogen) atoms. The van der Waals surface area contributed by atoms with Gasteiger partial charge in [0, 0.05) is 0 Å². The summed E-state index contributed by atoms with van der Waals surface area (Å²) in [5, 5.41) is 2.12. The van der Waals surface area contributed by atoms with E-state index in [9.17, 15) is 0 Å². The summed E-state index contributed by atoms with van der Waals surface area (Å²) in [4.78, 5) is 1.39. The fourth-order valence-corrected chi connectivity index (χ4v) is 1.95. The Morgan fingerprint density at radius 3 is 2.75 bits per heavy atom. The van der Waals surface area contributed by atoms with Gasteiger partial charge in [0.2, 0.25) is 0 Å². The topological polar surface area (TPSA) is 0 Å². The van der Waals surface area contributed by atoms with E-state index < -0.39 is 0 Å². The Morgan fingerprint density at radius 2 is 2.50 bits per heavy atom. The van der Waals surface area contributed by atoms with Gasteiger partial charge in [0.05, 0.1) is 0 Å². The molecule has 1 heterocycles. The van der Waals surface area contributed by atoms with Crippen LogP contribution < -0.4 is 0 Å². The summed E-state index contributed by atoms with van der Waals surface area (Å²) in [6.07, 6.45) is 0. The summed E-state index contributed by atoms with van der Waals surface area (Å²) in [6.45, 7) is 2.13. The minimum absolute atomic E-state index is 1.39. The van der Waals surface area contributed by atoms with Crippen molar-refractivity contribution < 1.29 is 20.0 Å². The molecule has 0 saturated heterocycles. The third-order valence-electron chi connectivity index (χ3n) is 1.03.